The summed E-state index contributed by atoms with van der Waals surface area (Å²) < 4.78 is 5.77. The monoisotopic (exact) mass is 431 g/mol. The van der Waals surface area contributed by atoms with Crippen LogP contribution in [0.3, 0.4) is 0 Å². The summed E-state index contributed by atoms with van der Waals surface area (Å²) >= 11 is 5.92. The number of nitrogens with zero attached hydrogens (tertiary/aromatic N) is 2. The Morgan fingerprint density at radius 2 is 1.77 bits per heavy atom. The van der Waals surface area contributed by atoms with E-state index in [1.165, 1.54) is 0 Å². The smallest absolute Gasteiger partial charge is 0.325 e. The largest absolute Gasteiger partial charge is 0.439 e. The Bertz CT molecular complexity index is 1320. The van der Waals surface area contributed by atoms with Crippen LogP contribution in [-0.2, 0) is 16.9 Å². The van der Waals surface area contributed by atoms with E-state index in [1.807, 2.05) is 54.6 Å². The third-order valence-electron chi connectivity index (χ3n) is 5.58. The fourth-order valence-corrected chi connectivity index (χ4v) is 3.93. The molecule has 0 radical (unpaired) electrons. The molecule has 1 aliphatic rings. The minimum atomic E-state index is -1.16. The Morgan fingerprint density at radius 1 is 1.03 bits per heavy atom. The first kappa shape index (κ1) is 19.3. The summed E-state index contributed by atoms with van der Waals surface area (Å²) in [5.41, 5.74) is 0.370. The molecule has 5 rings (SSSR count). The Hall–Kier alpha value is -3.64. The van der Waals surface area contributed by atoms with E-state index < -0.39 is 11.6 Å². The molecule has 31 heavy (non-hydrogen) atoms. The maximum Gasteiger partial charge on any atom is 0.325 e. The molecular formula is C24H18ClN3O3. The number of oxazole rings is 1. The second kappa shape index (κ2) is 7.25. The lowest BCUT2D eigenvalue weighted by Gasteiger charge is -2.22. The van der Waals surface area contributed by atoms with Gasteiger partial charge in [0.05, 0.1) is 6.20 Å². The minimum Gasteiger partial charge on any atom is -0.439 e. The highest BCUT2D eigenvalue weighted by Crippen LogP contribution is 2.32. The predicted octanol–water partition coefficient (Wildman–Crippen LogP) is 5.12. The van der Waals surface area contributed by atoms with E-state index in [4.69, 9.17) is 16.0 Å². The highest BCUT2D eigenvalue weighted by Gasteiger charge is 2.49. The van der Waals surface area contributed by atoms with Gasteiger partial charge < -0.3 is 9.73 Å². The molecule has 7 heteroatoms. The maximum absolute atomic E-state index is 13.3. The zero-order valence-corrected chi connectivity index (χ0v) is 17.4. The van der Waals surface area contributed by atoms with Crippen LogP contribution >= 0.6 is 11.6 Å². The van der Waals surface area contributed by atoms with Crippen LogP contribution in [0, 0.1) is 0 Å². The number of benzene rings is 3. The average molecular weight is 432 g/mol. The third-order valence-corrected chi connectivity index (χ3v) is 5.83. The van der Waals surface area contributed by atoms with E-state index in [0.717, 1.165) is 26.8 Å². The summed E-state index contributed by atoms with van der Waals surface area (Å²) in [4.78, 5) is 31.3. The zero-order chi connectivity index (χ0) is 21.6. The molecule has 154 valence electrons. The number of amides is 3. The van der Waals surface area contributed by atoms with Crippen molar-refractivity contribution in [2.24, 2.45) is 0 Å². The number of hydrogen-bond acceptors (Lipinski definition) is 4. The van der Waals surface area contributed by atoms with Crippen molar-refractivity contribution in [1.29, 1.82) is 0 Å². The molecule has 1 aromatic heterocycles. The van der Waals surface area contributed by atoms with Crippen LogP contribution < -0.4 is 5.32 Å². The zero-order valence-electron chi connectivity index (χ0n) is 16.6. The predicted molar refractivity (Wildman–Crippen MR) is 117 cm³/mol. The Labute approximate surface area is 183 Å². The average Bonchev–Trinajstić information content (AvgIpc) is 3.33. The number of rotatable bonds is 4. The number of carbonyl (C=O) groups excluding carboxylic acids is 2. The summed E-state index contributed by atoms with van der Waals surface area (Å²) in [7, 11) is 0. The molecule has 1 atom stereocenters. The van der Waals surface area contributed by atoms with E-state index in [1.54, 1.807) is 25.3 Å². The van der Waals surface area contributed by atoms with Gasteiger partial charge in [0, 0.05) is 10.6 Å². The molecule has 2 heterocycles. The fourth-order valence-electron chi connectivity index (χ4n) is 3.80. The van der Waals surface area contributed by atoms with Crippen LogP contribution in [0.25, 0.3) is 22.1 Å². The molecule has 3 aromatic carbocycles. The van der Waals surface area contributed by atoms with Crippen molar-refractivity contribution in [1.82, 2.24) is 15.2 Å². The van der Waals surface area contributed by atoms with Crippen LogP contribution in [0.15, 0.2) is 77.3 Å². The van der Waals surface area contributed by atoms with Crippen molar-refractivity contribution in [2.75, 3.05) is 0 Å². The lowest BCUT2D eigenvalue weighted by Crippen LogP contribution is -2.40. The van der Waals surface area contributed by atoms with E-state index in [-0.39, 0.29) is 18.3 Å². The first-order valence-corrected chi connectivity index (χ1v) is 10.2. The van der Waals surface area contributed by atoms with Crippen LogP contribution in [0.5, 0.6) is 0 Å². The second-order valence-corrected chi connectivity index (χ2v) is 8.07. The molecule has 0 aliphatic carbocycles. The van der Waals surface area contributed by atoms with Gasteiger partial charge in [0.15, 0.2) is 5.76 Å². The molecule has 1 fully saturated rings. The van der Waals surface area contributed by atoms with Gasteiger partial charge in [-0.1, -0.05) is 48.0 Å². The van der Waals surface area contributed by atoms with Crippen molar-refractivity contribution < 1.29 is 14.0 Å². The number of urea groups is 1. The molecular weight excluding hydrogens is 414 g/mol. The van der Waals surface area contributed by atoms with Crippen molar-refractivity contribution in [3.05, 3.63) is 89.4 Å². The van der Waals surface area contributed by atoms with Gasteiger partial charge in [-0.2, -0.15) is 0 Å². The lowest BCUT2D eigenvalue weighted by atomic mass is 9.90. The quantitative estimate of drug-likeness (QED) is 0.455. The maximum atomic E-state index is 13.3. The van der Waals surface area contributed by atoms with Gasteiger partial charge >= 0.3 is 6.03 Å². The SMILES string of the molecule is C[C@]1(c2ccc3ccccc3c2)NC(=O)N(Cc2ncc(-c3ccc(Cl)cc3)o2)C1=O. The topological polar surface area (TPSA) is 75.4 Å². The van der Waals surface area contributed by atoms with Crippen LogP contribution in [-0.4, -0.2) is 21.8 Å². The number of imide groups is 1. The van der Waals surface area contributed by atoms with Crippen LogP contribution in [0.4, 0.5) is 4.79 Å². The molecule has 1 N–H and O–H groups in total. The van der Waals surface area contributed by atoms with Gasteiger partial charge in [0.1, 0.15) is 12.1 Å². The molecule has 0 unspecified atom stereocenters. The lowest BCUT2D eigenvalue weighted by molar-refractivity contribution is -0.131. The number of fused-ring (bicyclic) bond motifs is 1. The molecule has 3 amide bonds. The van der Waals surface area contributed by atoms with E-state index in [9.17, 15) is 9.59 Å². The van der Waals surface area contributed by atoms with Crippen LogP contribution in [0.2, 0.25) is 5.02 Å². The minimum absolute atomic E-state index is 0.0541. The number of hydrogen-bond donors (Lipinski definition) is 1. The Morgan fingerprint density at radius 3 is 2.55 bits per heavy atom. The number of aromatic nitrogens is 1. The van der Waals surface area contributed by atoms with E-state index in [0.29, 0.717) is 10.8 Å². The van der Waals surface area contributed by atoms with Gasteiger partial charge in [-0.15, -0.1) is 0 Å². The summed E-state index contributed by atoms with van der Waals surface area (Å²) in [6.07, 6.45) is 1.57. The molecule has 1 aliphatic heterocycles. The summed E-state index contributed by atoms with van der Waals surface area (Å²) in [5, 5.41) is 5.52. The summed E-state index contributed by atoms with van der Waals surface area (Å²) in [5.74, 6) is 0.464. The van der Waals surface area contributed by atoms with Crippen LogP contribution in [0.1, 0.15) is 18.4 Å². The molecule has 0 spiro atoms. The van der Waals surface area contributed by atoms with Gasteiger partial charge in [0.25, 0.3) is 5.91 Å². The molecule has 4 aromatic rings. The van der Waals surface area contributed by atoms with Gasteiger partial charge in [-0.25, -0.2) is 9.78 Å². The van der Waals surface area contributed by atoms with Crippen molar-refractivity contribution in [2.45, 2.75) is 19.0 Å². The van der Waals surface area contributed by atoms with Crippen molar-refractivity contribution in [3.8, 4) is 11.3 Å². The summed E-state index contributed by atoms with van der Waals surface area (Å²) in [6.45, 7) is 1.66. The van der Waals surface area contributed by atoms with Crippen molar-refractivity contribution in [3.63, 3.8) is 0 Å². The Kier molecular flexibility index (Phi) is 4.52. The molecule has 6 nitrogen and oxygen atoms in total. The highest BCUT2D eigenvalue weighted by molar-refractivity contribution is 6.30. The van der Waals surface area contributed by atoms with E-state index >= 15 is 0 Å². The Balaban J connectivity index is 1.40. The number of nitrogens with one attached hydrogen (secondary N) is 1. The number of halogens is 1. The standard InChI is InChI=1S/C24H18ClN3O3/c1-24(18-9-6-15-4-2-3-5-17(15)12-18)22(29)28(23(30)27-24)14-21-26-13-20(31-21)16-7-10-19(25)11-8-16/h2-13H,14H2,1H3,(H,27,30)/t24-/m1/s1. The van der Waals surface area contributed by atoms with Crippen molar-refractivity contribution >= 4 is 34.3 Å². The third kappa shape index (κ3) is 3.35. The fraction of sp³-hybridized carbons (Fsp3) is 0.125. The summed E-state index contributed by atoms with van der Waals surface area (Å²) in [6, 6.07) is 20.3. The first-order chi connectivity index (χ1) is 14.9. The second-order valence-electron chi connectivity index (χ2n) is 7.63. The van der Waals surface area contributed by atoms with Gasteiger partial charge in [0.2, 0.25) is 5.89 Å². The molecule has 0 saturated carbocycles. The molecule has 0 bridgehead atoms. The van der Waals surface area contributed by atoms with E-state index in [2.05, 4.69) is 10.3 Å². The highest BCUT2D eigenvalue weighted by atomic mass is 35.5. The van der Waals surface area contributed by atoms with Gasteiger partial charge in [-0.3, -0.25) is 9.69 Å². The van der Waals surface area contributed by atoms with Gasteiger partial charge in [-0.05, 0) is 53.6 Å². The normalized spacial score (nSPS) is 18.6. The first-order valence-electron chi connectivity index (χ1n) is 9.78. The number of carbonyl (C=O) groups is 2. The molecule has 1 saturated heterocycles.